The molecule has 1 aliphatic rings. The van der Waals surface area contributed by atoms with Crippen LogP contribution in [-0.4, -0.2) is 56.0 Å². The highest BCUT2D eigenvalue weighted by Crippen LogP contribution is 2.18. The average Bonchev–Trinajstić information content (AvgIpc) is 2.52. The number of pyridine rings is 1. The molecule has 0 aliphatic carbocycles. The third-order valence-corrected chi connectivity index (χ3v) is 3.80. The van der Waals surface area contributed by atoms with E-state index in [4.69, 9.17) is 15.2 Å². The Kier molecular flexibility index (Phi) is 9.44. The molecule has 25 heavy (non-hydrogen) atoms. The molecule has 1 aliphatic heterocycles. The summed E-state index contributed by atoms with van der Waals surface area (Å²) in [7, 11) is 1.66. The van der Waals surface area contributed by atoms with Crippen LogP contribution in [0.5, 0.6) is 0 Å². The number of nitrogens with two attached hydrogens (primary N) is 1. The summed E-state index contributed by atoms with van der Waals surface area (Å²) >= 11 is 0. The zero-order valence-electron chi connectivity index (χ0n) is 15.4. The van der Waals surface area contributed by atoms with Gasteiger partial charge in [0.25, 0.3) is 0 Å². The Labute approximate surface area is 167 Å². The largest absolute Gasteiger partial charge is 0.383 e. The molecule has 0 aromatic carbocycles. The number of guanidine groups is 1. The van der Waals surface area contributed by atoms with E-state index in [9.17, 15) is 0 Å². The molecule has 0 spiro atoms. The second kappa shape index (κ2) is 10.8. The number of ether oxygens (including phenoxy) is 2. The first-order valence-electron chi connectivity index (χ1n) is 8.38. The summed E-state index contributed by atoms with van der Waals surface area (Å²) in [6.45, 7) is 8.99. The van der Waals surface area contributed by atoms with Crippen LogP contribution in [0.15, 0.2) is 23.3 Å². The van der Waals surface area contributed by atoms with E-state index in [0.717, 1.165) is 24.5 Å². The third kappa shape index (κ3) is 7.33. The number of morpholine rings is 1. The average molecular weight is 463 g/mol. The van der Waals surface area contributed by atoms with E-state index in [1.54, 1.807) is 7.11 Å². The Morgan fingerprint density at radius 1 is 1.44 bits per heavy atom. The fraction of sp³-hybridized carbons (Fsp3) is 0.647. The van der Waals surface area contributed by atoms with Crippen LogP contribution in [0.3, 0.4) is 0 Å². The van der Waals surface area contributed by atoms with E-state index in [1.165, 1.54) is 0 Å². The number of aromatic nitrogens is 1. The molecule has 1 saturated heterocycles. The van der Waals surface area contributed by atoms with Crippen molar-refractivity contribution in [1.29, 1.82) is 0 Å². The van der Waals surface area contributed by atoms with Crippen molar-refractivity contribution in [2.75, 3.05) is 31.7 Å². The first-order chi connectivity index (χ1) is 11.5. The predicted octanol–water partition coefficient (Wildman–Crippen LogP) is 1.75. The summed E-state index contributed by atoms with van der Waals surface area (Å²) in [5.41, 5.74) is 6.90. The van der Waals surface area contributed by atoms with Crippen molar-refractivity contribution in [3.63, 3.8) is 0 Å². The lowest BCUT2D eigenvalue weighted by Gasteiger charge is -2.36. The highest BCUT2D eigenvalue weighted by Gasteiger charge is 2.22. The number of rotatable bonds is 6. The standard InChI is InChI=1S/C17H29N5O2.HI/c1-12(11-23-4)21-17(18)20-8-15-5-6-16(19-7-15)22-9-13(2)24-14(3)10-22;/h5-7,12-14H,8-11H2,1-4H3,(H3,18,20,21);1H. The number of hydrogen-bond donors (Lipinski definition) is 2. The first-order valence-corrected chi connectivity index (χ1v) is 8.38. The smallest absolute Gasteiger partial charge is 0.189 e. The van der Waals surface area contributed by atoms with Crippen LogP contribution in [0.25, 0.3) is 0 Å². The van der Waals surface area contributed by atoms with Crippen molar-refractivity contribution in [1.82, 2.24) is 10.3 Å². The van der Waals surface area contributed by atoms with Crippen molar-refractivity contribution in [2.45, 2.75) is 45.6 Å². The highest BCUT2D eigenvalue weighted by atomic mass is 127. The second-order valence-electron chi connectivity index (χ2n) is 6.39. The molecule has 2 rings (SSSR count). The Bertz CT molecular complexity index is 530. The summed E-state index contributed by atoms with van der Waals surface area (Å²) in [6.07, 6.45) is 2.30. The fourth-order valence-electron chi connectivity index (χ4n) is 2.83. The molecular weight excluding hydrogens is 433 g/mol. The van der Waals surface area contributed by atoms with Gasteiger partial charge in [-0.3, -0.25) is 0 Å². The lowest BCUT2D eigenvalue weighted by Crippen LogP contribution is -2.45. The predicted molar refractivity (Wildman–Crippen MR) is 112 cm³/mol. The van der Waals surface area contributed by atoms with Gasteiger partial charge in [-0.05, 0) is 32.4 Å². The van der Waals surface area contributed by atoms with E-state index >= 15 is 0 Å². The Morgan fingerprint density at radius 3 is 2.68 bits per heavy atom. The van der Waals surface area contributed by atoms with E-state index in [1.807, 2.05) is 25.3 Å². The number of methoxy groups -OCH3 is 1. The molecule has 0 amide bonds. The van der Waals surface area contributed by atoms with Crippen LogP contribution in [-0.2, 0) is 16.0 Å². The zero-order valence-corrected chi connectivity index (χ0v) is 17.8. The van der Waals surface area contributed by atoms with Crippen LogP contribution >= 0.6 is 24.0 Å². The quantitative estimate of drug-likeness (QED) is 0.380. The van der Waals surface area contributed by atoms with Gasteiger partial charge in [-0.2, -0.15) is 0 Å². The van der Waals surface area contributed by atoms with Gasteiger partial charge in [0.15, 0.2) is 5.96 Å². The molecule has 1 fully saturated rings. The number of halogens is 1. The SMILES string of the molecule is COCC(C)NC(N)=NCc1ccc(N2CC(C)OC(C)C2)nc1.I. The molecular formula is C17H30IN5O2. The Balaban J connectivity index is 0.00000312. The number of hydrogen-bond acceptors (Lipinski definition) is 5. The van der Waals surface area contributed by atoms with Gasteiger partial charge in [0.2, 0.25) is 0 Å². The highest BCUT2D eigenvalue weighted by molar-refractivity contribution is 14.0. The molecule has 0 radical (unpaired) electrons. The van der Waals surface area contributed by atoms with Gasteiger partial charge in [0.1, 0.15) is 5.82 Å². The maximum Gasteiger partial charge on any atom is 0.189 e. The normalized spacial score (nSPS) is 22.2. The molecule has 0 bridgehead atoms. The molecule has 2 heterocycles. The minimum atomic E-state index is 0. The van der Waals surface area contributed by atoms with Crippen molar-refractivity contribution in [3.8, 4) is 0 Å². The maximum absolute atomic E-state index is 5.87. The molecule has 1 aromatic heterocycles. The van der Waals surface area contributed by atoms with Gasteiger partial charge in [0, 0.05) is 32.4 Å². The number of anilines is 1. The summed E-state index contributed by atoms with van der Waals surface area (Å²) in [5.74, 6) is 1.39. The minimum Gasteiger partial charge on any atom is -0.383 e. The summed E-state index contributed by atoms with van der Waals surface area (Å²) in [4.78, 5) is 11.2. The van der Waals surface area contributed by atoms with Crippen molar-refractivity contribution < 1.29 is 9.47 Å². The molecule has 3 unspecified atom stereocenters. The second-order valence-corrected chi connectivity index (χ2v) is 6.39. The third-order valence-electron chi connectivity index (χ3n) is 3.80. The molecule has 1 aromatic rings. The summed E-state index contributed by atoms with van der Waals surface area (Å²) < 4.78 is 10.8. The van der Waals surface area contributed by atoms with Crippen LogP contribution in [0.1, 0.15) is 26.3 Å². The molecule has 3 N–H and O–H groups in total. The maximum atomic E-state index is 5.87. The van der Waals surface area contributed by atoms with Crippen LogP contribution in [0.2, 0.25) is 0 Å². The van der Waals surface area contributed by atoms with E-state index in [0.29, 0.717) is 19.1 Å². The van der Waals surface area contributed by atoms with Gasteiger partial charge in [-0.25, -0.2) is 9.98 Å². The molecule has 7 nitrogen and oxygen atoms in total. The Morgan fingerprint density at radius 2 is 2.12 bits per heavy atom. The van der Waals surface area contributed by atoms with Crippen LogP contribution < -0.4 is 16.0 Å². The van der Waals surface area contributed by atoms with Crippen LogP contribution in [0, 0.1) is 0 Å². The summed E-state index contributed by atoms with van der Waals surface area (Å²) in [5, 5.41) is 3.08. The number of nitrogens with one attached hydrogen (secondary N) is 1. The van der Waals surface area contributed by atoms with Crippen LogP contribution in [0.4, 0.5) is 5.82 Å². The van der Waals surface area contributed by atoms with Gasteiger partial charge >= 0.3 is 0 Å². The fourth-order valence-corrected chi connectivity index (χ4v) is 2.83. The number of nitrogens with zero attached hydrogens (tertiary/aromatic N) is 3. The molecule has 0 saturated carbocycles. The molecule has 142 valence electrons. The van der Waals surface area contributed by atoms with Gasteiger partial charge in [0.05, 0.1) is 25.4 Å². The Hall–Kier alpha value is -1.13. The van der Waals surface area contributed by atoms with Crippen molar-refractivity contribution in [3.05, 3.63) is 23.9 Å². The van der Waals surface area contributed by atoms with E-state index < -0.39 is 0 Å². The van der Waals surface area contributed by atoms with Gasteiger partial charge in [-0.1, -0.05) is 6.07 Å². The van der Waals surface area contributed by atoms with Gasteiger partial charge in [-0.15, -0.1) is 24.0 Å². The van der Waals surface area contributed by atoms with Gasteiger partial charge < -0.3 is 25.4 Å². The topological polar surface area (TPSA) is 85.0 Å². The monoisotopic (exact) mass is 463 g/mol. The zero-order chi connectivity index (χ0) is 17.5. The lowest BCUT2D eigenvalue weighted by molar-refractivity contribution is -0.00545. The van der Waals surface area contributed by atoms with E-state index in [-0.39, 0.29) is 42.2 Å². The first kappa shape index (κ1) is 21.9. The summed E-state index contributed by atoms with van der Waals surface area (Å²) in [6, 6.07) is 4.21. The number of aliphatic imine (C=N–C) groups is 1. The van der Waals surface area contributed by atoms with E-state index in [2.05, 4.69) is 34.0 Å². The molecule has 3 atom stereocenters. The minimum absolute atomic E-state index is 0. The molecule has 8 heteroatoms. The van der Waals surface area contributed by atoms with Crippen molar-refractivity contribution >= 4 is 35.8 Å². The van der Waals surface area contributed by atoms with Crippen molar-refractivity contribution in [2.24, 2.45) is 10.7 Å². The lowest BCUT2D eigenvalue weighted by atomic mass is 10.2.